The number of hydrogen-bond donors (Lipinski definition) is 1. The second-order valence-electron chi connectivity index (χ2n) is 7.11. The number of ether oxygens (including phenoxy) is 1. The van der Waals surface area contributed by atoms with Crippen LogP contribution in [0, 0.1) is 0 Å². The summed E-state index contributed by atoms with van der Waals surface area (Å²) in [5.41, 5.74) is 3.74. The molecule has 6 heteroatoms. The van der Waals surface area contributed by atoms with E-state index in [1.807, 2.05) is 40.1 Å². The summed E-state index contributed by atoms with van der Waals surface area (Å²) in [5, 5.41) is 3.18. The fourth-order valence-corrected chi connectivity index (χ4v) is 3.75. The number of para-hydroxylation sites is 1. The van der Waals surface area contributed by atoms with Crippen molar-refractivity contribution in [2.45, 2.75) is 12.8 Å². The average Bonchev–Trinajstić information content (AvgIpc) is 2.77. The zero-order valence-corrected chi connectivity index (χ0v) is 15.9. The maximum atomic E-state index is 12.7. The number of nitrogens with one attached hydrogen (secondary N) is 1. The van der Waals surface area contributed by atoms with Crippen LogP contribution in [-0.4, -0.2) is 56.1 Å². The van der Waals surface area contributed by atoms with E-state index in [4.69, 9.17) is 4.74 Å². The van der Waals surface area contributed by atoms with Crippen molar-refractivity contribution in [3.05, 3.63) is 59.7 Å². The number of carbonyl (C=O) groups excluding carboxylic acids is 2. The largest absolute Gasteiger partial charge is 0.378 e. The molecule has 28 heavy (non-hydrogen) atoms. The van der Waals surface area contributed by atoms with E-state index < -0.39 is 0 Å². The highest BCUT2D eigenvalue weighted by Gasteiger charge is 2.22. The third-order valence-electron chi connectivity index (χ3n) is 5.29. The normalized spacial score (nSPS) is 16.4. The summed E-state index contributed by atoms with van der Waals surface area (Å²) in [6.45, 7) is 3.42. The van der Waals surface area contributed by atoms with Gasteiger partial charge in [-0.1, -0.05) is 18.2 Å². The summed E-state index contributed by atoms with van der Waals surface area (Å²) in [6.07, 6.45) is 2.01. The van der Waals surface area contributed by atoms with Crippen LogP contribution >= 0.6 is 0 Å². The van der Waals surface area contributed by atoms with E-state index in [0.717, 1.165) is 30.8 Å². The van der Waals surface area contributed by atoms with E-state index in [-0.39, 0.29) is 18.4 Å². The highest BCUT2D eigenvalue weighted by Crippen LogP contribution is 2.26. The van der Waals surface area contributed by atoms with Gasteiger partial charge in [-0.25, -0.2) is 0 Å². The SMILES string of the molecule is O=C(c1ccc(NCC(=O)N2CCCc3ccccc32)cc1)N1CCOCC1. The van der Waals surface area contributed by atoms with Gasteiger partial charge in [0, 0.05) is 36.6 Å². The molecule has 1 N–H and O–H groups in total. The first-order chi connectivity index (χ1) is 13.7. The maximum absolute atomic E-state index is 12.7. The molecule has 2 aromatic rings. The lowest BCUT2D eigenvalue weighted by molar-refractivity contribution is -0.117. The van der Waals surface area contributed by atoms with Crippen LogP contribution < -0.4 is 10.2 Å². The quantitative estimate of drug-likeness (QED) is 0.887. The van der Waals surface area contributed by atoms with Gasteiger partial charge in [0.05, 0.1) is 19.8 Å². The molecule has 0 aliphatic carbocycles. The van der Waals surface area contributed by atoms with Crippen molar-refractivity contribution < 1.29 is 14.3 Å². The summed E-state index contributed by atoms with van der Waals surface area (Å²) >= 11 is 0. The second-order valence-corrected chi connectivity index (χ2v) is 7.11. The lowest BCUT2D eigenvalue weighted by Gasteiger charge is -2.29. The molecule has 4 rings (SSSR count). The standard InChI is InChI=1S/C22H25N3O3/c26-21(25-11-3-5-17-4-1-2-6-20(17)25)16-23-19-9-7-18(8-10-19)22(27)24-12-14-28-15-13-24/h1-2,4,6-10,23H,3,5,11-16H2. The van der Waals surface area contributed by atoms with Gasteiger partial charge in [0.15, 0.2) is 0 Å². The fourth-order valence-electron chi connectivity index (χ4n) is 3.75. The average molecular weight is 379 g/mol. The number of morpholine rings is 1. The van der Waals surface area contributed by atoms with Crippen LogP contribution in [0.15, 0.2) is 48.5 Å². The molecule has 0 aromatic heterocycles. The van der Waals surface area contributed by atoms with Crippen molar-refractivity contribution in [3.8, 4) is 0 Å². The Morgan fingerprint density at radius 1 is 0.964 bits per heavy atom. The first-order valence-electron chi connectivity index (χ1n) is 9.81. The van der Waals surface area contributed by atoms with Crippen molar-refractivity contribution in [1.29, 1.82) is 0 Å². The molecule has 1 fully saturated rings. The molecule has 2 amide bonds. The summed E-state index contributed by atoms with van der Waals surface area (Å²) in [4.78, 5) is 28.9. The van der Waals surface area contributed by atoms with Gasteiger partial charge in [0.25, 0.3) is 5.91 Å². The zero-order chi connectivity index (χ0) is 19.3. The van der Waals surface area contributed by atoms with Gasteiger partial charge in [0.2, 0.25) is 5.91 Å². The van der Waals surface area contributed by atoms with Crippen molar-refractivity contribution in [2.24, 2.45) is 0 Å². The van der Waals surface area contributed by atoms with E-state index in [9.17, 15) is 9.59 Å². The molecule has 0 saturated carbocycles. The smallest absolute Gasteiger partial charge is 0.254 e. The van der Waals surface area contributed by atoms with Gasteiger partial charge < -0.3 is 19.9 Å². The Morgan fingerprint density at radius 2 is 1.71 bits per heavy atom. The molecule has 2 aliphatic heterocycles. The van der Waals surface area contributed by atoms with Crippen LogP contribution in [0.4, 0.5) is 11.4 Å². The predicted molar refractivity (Wildman–Crippen MR) is 109 cm³/mol. The highest BCUT2D eigenvalue weighted by atomic mass is 16.5. The van der Waals surface area contributed by atoms with Crippen LogP contribution in [0.1, 0.15) is 22.3 Å². The molecule has 2 heterocycles. The van der Waals surface area contributed by atoms with Gasteiger partial charge in [-0.3, -0.25) is 9.59 Å². The van der Waals surface area contributed by atoms with E-state index in [0.29, 0.717) is 31.9 Å². The van der Waals surface area contributed by atoms with Gasteiger partial charge in [-0.15, -0.1) is 0 Å². The number of anilines is 2. The van der Waals surface area contributed by atoms with Crippen LogP contribution in [0.3, 0.4) is 0 Å². The lowest BCUT2D eigenvalue weighted by Crippen LogP contribution is -2.40. The number of benzene rings is 2. The Labute approximate surface area is 165 Å². The Bertz CT molecular complexity index is 844. The van der Waals surface area contributed by atoms with E-state index >= 15 is 0 Å². The minimum absolute atomic E-state index is 0.0239. The zero-order valence-electron chi connectivity index (χ0n) is 15.9. The highest BCUT2D eigenvalue weighted by molar-refractivity contribution is 5.97. The number of carbonyl (C=O) groups is 2. The van der Waals surface area contributed by atoms with Crippen LogP contribution in [0.5, 0.6) is 0 Å². The Kier molecular flexibility index (Phi) is 5.58. The summed E-state index contributed by atoms with van der Waals surface area (Å²) < 4.78 is 5.29. The number of fused-ring (bicyclic) bond motifs is 1. The van der Waals surface area contributed by atoms with Crippen molar-refractivity contribution >= 4 is 23.2 Å². The fraction of sp³-hybridized carbons (Fsp3) is 0.364. The minimum Gasteiger partial charge on any atom is -0.378 e. The van der Waals surface area contributed by atoms with Crippen LogP contribution in [0.2, 0.25) is 0 Å². The molecule has 146 valence electrons. The molecule has 2 aromatic carbocycles. The molecule has 2 aliphatic rings. The van der Waals surface area contributed by atoms with Gasteiger partial charge in [-0.2, -0.15) is 0 Å². The van der Waals surface area contributed by atoms with E-state index in [2.05, 4.69) is 11.4 Å². The van der Waals surface area contributed by atoms with Gasteiger partial charge >= 0.3 is 0 Å². The summed E-state index contributed by atoms with van der Waals surface area (Å²) in [6, 6.07) is 15.4. The third kappa shape index (κ3) is 4.02. The number of hydrogen-bond acceptors (Lipinski definition) is 4. The number of amides is 2. The minimum atomic E-state index is 0.0239. The topological polar surface area (TPSA) is 61.9 Å². The Hall–Kier alpha value is -2.86. The van der Waals surface area contributed by atoms with E-state index in [1.165, 1.54) is 5.56 Å². The van der Waals surface area contributed by atoms with Crippen molar-refractivity contribution in [2.75, 3.05) is 49.6 Å². The molecular formula is C22H25N3O3. The third-order valence-corrected chi connectivity index (χ3v) is 5.29. The second kappa shape index (κ2) is 8.44. The predicted octanol–water partition coefficient (Wildman–Crippen LogP) is 2.55. The first-order valence-corrected chi connectivity index (χ1v) is 9.81. The molecule has 1 saturated heterocycles. The van der Waals surface area contributed by atoms with Crippen LogP contribution in [-0.2, 0) is 16.0 Å². The van der Waals surface area contributed by atoms with E-state index in [1.54, 1.807) is 12.1 Å². The number of aryl methyl sites for hydroxylation is 1. The first kappa shape index (κ1) is 18.5. The molecule has 6 nitrogen and oxygen atoms in total. The maximum Gasteiger partial charge on any atom is 0.254 e. The number of nitrogens with zero attached hydrogens (tertiary/aromatic N) is 2. The number of rotatable bonds is 4. The summed E-state index contributed by atoms with van der Waals surface area (Å²) in [5.74, 6) is 0.0801. The molecule has 0 bridgehead atoms. The van der Waals surface area contributed by atoms with Crippen molar-refractivity contribution in [1.82, 2.24) is 4.90 Å². The van der Waals surface area contributed by atoms with Gasteiger partial charge in [-0.05, 0) is 48.7 Å². The molecule has 0 radical (unpaired) electrons. The summed E-state index contributed by atoms with van der Waals surface area (Å²) in [7, 11) is 0. The Morgan fingerprint density at radius 3 is 2.50 bits per heavy atom. The lowest BCUT2D eigenvalue weighted by atomic mass is 10.0. The molecule has 0 unspecified atom stereocenters. The Balaban J connectivity index is 1.35. The molecule has 0 atom stereocenters. The molecular weight excluding hydrogens is 354 g/mol. The van der Waals surface area contributed by atoms with Crippen LogP contribution in [0.25, 0.3) is 0 Å². The van der Waals surface area contributed by atoms with Gasteiger partial charge in [0.1, 0.15) is 0 Å². The monoisotopic (exact) mass is 379 g/mol. The van der Waals surface area contributed by atoms with Crippen molar-refractivity contribution in [3.63, 3.8) is 0 Å². The molecule has 0 spiro atoms.